The van der Waals surface area contributed by atoms with Crippen LogP contribution in [0, 0.1) is 5.41 Å². The van der Waals surface area contributed by atoms with Crippen molar-refractivity contribution in [2.24, 2.45) is 17.5 Å². The smallest absolute Gasteiger partial charge is 0.161 e. The monoisotopic (exact) mass is 252 g/mol. The number of hydrogen-bond acceptors (Lipinski definition) is 4. The zero-order valence-electron chi connectivity index (χ0n) is 10.9. The van der Waals surface area contributed by atoms with Gasteiger partial charge in [-0.05, 0) is 11.8 Å². The second-order valence-corrected chi connectivity index (χ2v) is 6.97. The maximum absolute atomic E-state index is 4.54. The molecule has 94 valence electrons. The Hall–Kier alpha value is -0.970. The van der Waals surface area contributed by atoms with E-state index in [1.807, 2.05) is 31.2 Å². The van der Waals surface area contributed by atoms with Gasteiger partial charge in [0.15, 0.2) is 5.17 Å². The number of aromatic nitrogens is 2. The topological polar surface area (TPSA) is 42.2 Å². The number of hydrogen-bond donors (Lipinski definition) is 1. The first-order valence-corrected chi connectivity index (χ1v) is 6.77. The van der Waals surface area contributed by atoms with Crippen molar-refractivity contribution in [3.05, 3.63) is 12.4 Å². The molecule has 0 bridgehead atoms. The average molecular weight is 252 g/mol. The summed E-state index contributed by atoms with van der Waals surface area (Å²) in [6.07, 6.45) is 4.97. The van der Waals surface area contributed by atoms with Gasteiger partial charge in [0.25, 0.3) is 0 Å². The van der Waals surface area contributed by atoms with E-state index in [0.29, 0.717) is 10.7 Å². The highest BCUT2D eigenvalue weighted by Crippen LogP contribution is 2.32. The summed E-state index contributed by atoms with van der Waals surface area (Å²) in [6, 6.07) is 0. The molecule has 0 amide bonds. The lowest BCUT2D eigenvalue weighted by atomic mass is 9.90. The number of nitrogens with one attached hydrogen (secondary N) is 1. The number of anilines is 1. The van der Waals surface area contributed by atoms with Gasteiger partial charge in [-0.15, -0.1) is 0 Å². The van der Waals surface area contributed by atoms with E-state index >= 15 is 0 Å². The molecule has 17 heavy (non-hydrogen) atoms. The highest BCUT2D eigenvalue weighted by Gasteiger charge is 2.25. The average Bonchev–Trinajstić information content (AvgIpc) is 2.74. The van der Waals surface area contributed by atoms with Gasteiger partial charge >= 0.3 is 0 Å². The van der Waals surface area contributed by atoms with E-state index in [2.05, 4.69) is 36.2 Å². The predicted octanol–water partition coefficient (Wildman–Crippen LogP) is 2.74. The normalized spacial score (nSPS) is 20.5. The molecule has 4 nitrogen and oxygen atoms in total. The van der Waals surface area contributed by atoms with Crippen LogP contribution in [0.15, 0.2) is 17.4 Å². The van der Waals surface area contributed by atoms with E-state index in [0.717, 1.165) is 17.4 Å². The molecule has 1 aromatic rings. The van der Waals surface area contributed by atoms with Crippen molar-refractivity contribution in [1.82, 2.24) is 9.78 Å². The molecule has 0 saturated heterocycles. The zero-order chi connectivity index (χ0) is 12.5. The van der Waals surface area contributed by atoms with E-state index in [1.165, 1.54) is 6.42 Å². The van der Waals surface area contributed by atoms with Gasteiger partial charge < -0.3 is 5.32 Å². The van der Waals surface area contributed by atoms with Crippen LogP contribution in [0.3, 0.4) is 0 Å². The Morgan fingerprint density at radius 1 is 1.53 bits per heavy atom. The molecule has 1 unspecified atom stereocenters. The third-order valence-corrected chi connectivity index (χ3v) is 3.62. The molecule has 1 aromatic heterocycles. The fourth-order valence-corrected chi connectivity index (χ4v) is 3.26. The standard InChI is InChI=1S/C12H20N4S/c1-12(2,3)5-10-7-13-11(17-10)15-9-6-14-16(4)8-9/h6,8,10H,5,7H2,1-4H3,(H,13,15). The lowest BCUT2D eigenvalue weighted by molar-refractivity contribution is 0.375. The molecular formula is C12H20N4S. The first kappa shape index (κ1) is 12.5. The lowest BCUT2D eigenvalue weighted by Crippen LogP contribution is -2.16. The maximum Gasteiger partial charge on any atom is 0.161 e. The van der Waals surface area contributed by atoms with Crippen LogP contribution >= 0.6 is 11.8 Å². The predicted molar refractivity (Wildman–Crippen MR) is 74.6 cm³/mol. The quantitative estimate of drug-likeness (QED) is 0.880. The van der Waals surface area contributed by atoms with Crippen LogP contribution < -0.4 is 5.32 Å². The Balaban J connectivity index is 1.85. The second-order valence-electron chi connectivity index (χ2n) is 5.68. The summed E-state index contributed by atoms with van der Waals surface area (Å²) >= 11 is 1.84. The molecule has 1 N–H and O–H groups in total. The summed E-state index contributed by atoms with van der Waals surface area (Å²) in [6.45, 7) is 7.75. The minimum absolute atomic E-state index is 0.372. The van der Waals surface area contributed by atoms with Crippen LogP contribution in [0.2, 0.25) is 0 Å². The number of thioether (sulfide) groups is 1. The molecule has 5 heteroatoms. The molecule has 0 saturated carbocycles. The first-order valence-electron chi connectivity index (χ1n) is 5.89. The third kappa shape index (κ3) is 3.77. The van der Waals surface area contributed by atoms with Crippen LogP contribution in [0.5, 0.6) is 0 Å². The number of aryl methyl sites for hydroxylation is 1. The van der Waals surface area contributed by atoms with E-state index in [4.69, 9.17) is 0 Å². The SMILES string of the molecule is Cn1cc(NC2=NCC(CC(C)(C)C)S2)cn1. The van der Waals surface area contributed by atoms with Gasteiger partial charge in [0.05, 0.1) is 18.4 Å². The molecule has 0 spiro atoms. The fraction of sp³-hybridized carbons (Fsp3) is 0.667. The van der Waals surface area contributed by atoms with E-state index in [1.54, 1.807) is 4.68 Å². The fourth-order valence-electron chi connectivity index (χ4n) is 1.88. The summed E-state index contributed by atoms with van der Waals surface area (Å²) in [7, 11) is 1.91. The molecule has 2 rings (SSSR count). The molecule has 0 aromatic carbocycles. The summed E-state index contributed by atoms with van der Waals surface area (Å²) in [5, 5.41) is 9.06. The van der Waals surface area contributed by atoms with Crippen molar-refractivity contribution in [2.75, 3.05) is 11.9 Å². The summed E-state index contributed by atoms with van der Waals surface area (Å²) < 4.78 is 1.79. The first-order chi connectivity index (χ1) is 7.92. The van der Waals surface area contributed by atoms with Crippen molar-refractivity contribution in [3.8, 4) is 0 Å². The number of rotatable bonds is 2. The molecule has 1 aliphatic rings. The molecule has 0 fully saturated rings. The van der Waals surface area contributed by atoms with E-state index < -0.39 is 0 Å². The van der Waals surface area contributed by atoms with Crippen LogP contribution in [-0.4, -0.2) is 26.7 Å². The van der Waals surface area contributed by atoms with Crippen molar-refractivity contribution in [1.29, 1.82) is 0 Å². The molecule has 1 atom stereocenters. The van der Waals surface area contributed by atoms with Gasteiger partial charge in [0.2, 0.25) is 0 Å². The van der Waals surface area contributed by atoms with Gasteiger partial charge in [-0.2, -0.15) is 5.10 Å². The molecule has 0 aliphatic carbocycles. The van der Waals surface area contributed by atoms with Crippen molar-refractivity contribution < 1.29 is 0 Å². The van der Waals surface area contributed by atoms with Gasteiger partial charge in [0, 0.05) is 18.5 Å². The summed E-state index contributed by atoms with van der Waals surface area (Å²) in [5.41, 5.74) is 1.38. The van der Waals surface area contributed by atoms with Crippen molar-refractivity contribution in [2.45, 2.75) is 32.4 Å². The highest BCUT2D eigenvalue weighted by molar-refractivity contribution is 8.15. The van der Waals surface area contributed by atoms with E-state index in [-0.39, 0.29) is 0 Å². The maximum atomic E-state index is 4.54. The Kier molecular flexibility index (Phi) is 3.47. The zero-order valence-corrected chi connectivity index (χ0v) is 11.7. The van der Waals surface area contributed by atoms with Crippen LogP contribution in [-0.2, 0) is 7.05 Å². The Bertz CT molecular complexity index is 416. The van der Waals surface area contributed by atoms with Gasteiger partial charge in [-0.1, -0.05) is 32.5 Å². The highest BCUT2D eigenvalue weighted by atomic mass is 32.2. The third-order valence-electron chi connectivity index (χ3n) is 2.51. The van der Waals surface area contributed by atoms with Crippen LogP contribution in [0.4, 0.5) is 5.69 Å². The minimum atomic E-state index is 0.372. The number of nitrogens with zero attached hydrogens (tertiary/aromatic N) is 3. The Morgan fingerprint density at radius 2 is 2.29 bits per heavy atom. The van der Waals surface area contributed by atoms with E-state index in [9.17, 15) is 0 Å². The number of aliphatic imine (C=N–C) groups is 1. The Morgan fingerprint density at radius 3 is 2.88 bits per heavy atom. The van der Waals surface area contributed by atoms with Gasteiger partial charge in [0.1, 0.15) is 0 Å². The summed E-state index contributed by atoms with van der Waals surface area (Å²) in [4.78, 5) is 4.54. The Labute approximate surface area is 107 Å². The van der Waals surface area contributed by atoms with Gasteiger partial charge in [-0.3, -0.25) is 9.67 Å². The van der Waals surface area contributed by atoms with Crippen LogP contribution in [0.25, 0.3) is 0 Å². The summed E-state index contributed by atoms with van der Waals surface area (Å²) in [5.74, 6) is 0. The molecule has 0 radical (unpaired) electrons. The second kappa shape index (κ2) is 4.72. The lowest BCUT2D eigenvalue weighted by Gasteiger charge is -2.21. The molecule has 1 aliphatic heterocycles. The van der Waals surface area contributed by atoms with Gasteiger partial charge in [-0.25, -0.2) is 0 Å². The molecular weight excluding hydrogens is 232 g/mol. The molecule has 2 heterocycles. The van der Waals surface area contributed by atoms with Crippen molar-refractivity contribution >= 4 is 22.6 Å². The van der Waals surface area contributed by atoms with Crippen LogP contribution in [0.1, 0.15) is 27.2 Å². The number of amidine groups is 1. The minimum Gasteiger partial charge on any atom is -0.332 e. The van der Waals surface area contributed by atoms with Crippen molar-refractivity contribution in [3.63, 3.8) is 0 Å². The largest absolute Gasteiger partial charge is 0.332 e.